The molecule has 1 unspecified atom stereocenters. The highest BCUT2D eigenvalue weighted by atomic mass is 19.4. The van der Waals surface area contributed by atoms with E-state index in [0.717, 1.165) is 12.1 Å². The monoisotopic (exact) mass is 219 g/mol. The molecule has 2 nitrogen and oxygen atoms in total. The van der Waals surface area contributed by atoms with Gasteiger partial charge in [0.15, 0.2) is 0 Å². The minimum Gasteiger partial charge on any atom is -0.388 e. The van der Waals surface area contributed by atoms with Gasteiger partial charge in [0.2, 0.25) is 0 Å². The van der Waals surface area contributed by atoms with E-state index >= 15 is 0 Å². The normalized spacial score (nSPS) is 13.9. The topological polar surface area (TPSA) is 46.2 Å². The Morgan fingerprint density at radius 3 is 2.13 bits per heavy atom. The van der Waals surface area contributed by atoms with Gasteiger partial charge in [0.1, 0.15) is 0 Å². The highest BCUT2D eigenvalue weighted by molar-refractivity contribution is 5.25. The Hall–Kier alpha value is -1.07. The number of hydrogen-bond acceptors (Lipinski definition) is 2. The molecule has 0 bridgehead atoms. The van der Waals surface area contributed by atoms with Crippen LogP contribution in [0, 0.1) is 0 Å². The zero-order valence-electron chi connectivity index (χ0n) is 7.96. The summed E-state index contributed by atoms with van der Waals surface area (Å²) in [6.45, 7) is 0.294. The average molecular weight is 219 g/mol. The third kappa shape index (κ3) is 3.21. The summed E-state index contributed by atoms with van der Waals surface area (Å²) in [6, 6.07) is 4.44. The molecule has 0 saturated heterocycles. The second kappa shape index (κ2) is 4.63. The lowest BCUT2D eigenvalue weighted by Crippen LogP contribution is -2.08. The quantitative estimate of drug-likeness (QED) is 0.817. The zero-order chi connectivity index (χ0) is 11.5. The van der Waals surface area contributed by atoms with Crippen LogP contribution in [0.2, 0.25) is 0 Å². The van der Waals surface area contributed by atoms with E-state index in [9.17, 15) is 18.3 Å². The highest BCUT2D eigenvalue weighted by Gasteiger charge is 2.30. The summed E-state index contributed by atoms with van der Waals surface area (Å²) in [5.74, 6) is 0. The van der Waals surface area contributed by atoms with Gasteiger partial charge < -0.3 is 10.8 Å². The lowest BCUT2D eigenvalue weighted by atomic mass is 10.0. The van der Waals surface area contributed by atoms with Crippen molar-refractivity contribution in [1.82, 2.24) is 0 Å². The molecule has 15 heavy (non-hydrogen) atoms. The van der Waals surface area contributed by atoms with Crippen LogP contribution >= 0.6 is 0 Å². The summed E-state index contributed by atoms with van der Waals surface area (Å²) >= 11 is 0. The second-order valence-corrected chi connectivity index (χ2v) is 3.21. The van der Waals surface area contributed by atoms with Crippen LogP contribution in [0.4, 0.5) is 13.2 Å². The number of alkyl halides is 3. The van der Waals surface area contributed by atoms with Crippen molar-refractivity contribution in [3.8, 4) is 0 Å². The Morgan fingerprint density at radius 1 is 1.20 bits per heavy atom. The summed E-state index contributed by atoms with van der Waals surface area (Å²) in [7, 11) is 0. The van der Waals surface area contributed by atoms with E-state index in [2.05, 4.69) is 0 Å². The maximum atomic E-state index is 12.2. The van der Waals surface area contributed by atoms with Crippen molar-refractivity contribution >= 4 is 0 Å². The lowest BCUT2D eigenvalue weighted by molar-refractivity contribution is -0.137. The van der Waals surface area contributed by atoms with E-state index in [1.54, 1.807) is 0 Å². The largest absolute Gasteiger partial charge is 0.416 e. The maximum Gasteiger partial charge on any atom is 0.416 e. The Balaban J connectivity index is 2.81. The molecule has 1 rings (SSSR count). The van der Waals surface area contributed by atoms with Crippen LogP contribution in [0.25, 0.3) is 0 Å². The summed E-state index contributed by atoms with van der Waals surface area (Å²) in [5.41, 5.74) is 4.96. The predicted molar refractivity (Wildman–Crippen MR) is 50.1 cm³/mol. The molecule has 1 atom stereocenters. The van der Waals surface area contributed by atoms with Gasteiger partial charge in [0.25, 0.3) is 0 Å². The third-order valence-electron chi connectivity index (χ3n) is 2.06. The van der Waals surface area contributed by atoms with Crippen molar-refractivity contribution in [3.05, 3.63) is 35.4 Å². The first-order chi connectivity index (χ1) is 6.95. The van der Waals surface area contributed by atoms with Gasteiger partial charge >= 0.3 is 6.18 Å². The minimum absolute atomic E-state index is 0.294. The number of nitrogens with two attached hydrogens (primary N) is 1. The van der Waals surface area contributed by atoms with Crippen LogP contribution in [0.1, 0.15) is 23.7 Å². The molecule has 0 saturated carbocycles. The van der Waals surface area contributed by atoms with Crippen molar-refractivity contribution in [1.29, 1.82) is 0 Å². The number of aliphatic hydroxyl groups excluding tert-OH is 1. The molecule has 5 heteroatoms. The molecule has 3 N–H and O–H groups in total. The molecule has 0 heterocycles. The fraction of sp³-hybridized carbons (Fsp3) is 0.400. The molecule has 0 aromatic heterocycles. The number of rotatable bonds is 3. The average Bonchev–Trinajstić information content (AvgIpc) is 2.17. The van der Waals surface area contributed by atoms with Gasteiger partial charge in [0.05, 0.1) is 11.7 Å². The van der Waals surface area contributed by atoms with E-state index in [4.69, 9.17) is 5.73 Å². The predicted octanol–water partition coefficient (Wildman–Crippen LogP) is 2.09. The van der Waals surface area contributed by atoms with E-state index in [0.29, 0.717) is 18.5 Å². The number of benzene rings is 1. The molecule has 0 aliphatic heterocycles. The standard InChI is InChI=1S/C10H12F3NO/c11-10(12,13)8-3-1-7(2-4-8)9(15)5-6-14/h1-4,9,15H,5-6,14H2. The molecule has 0 amide bonds. The van der Waals surface area contributed by atoms with Crippen molar-refractivity contribution < 1.29 is 18.3 Å². The Kier molecular flexibility index (Phi) is 3.71. The van der Waals surface area contributed by atoms with E-state index in [1.807, 2.05) is 0 Å². The summed E-state index contributed by atoms with van der Waals surface area (Å²) in [5, 5.41) is 9.45. The molecule has 0 fully saturated rings. The smallest absolute Gasteiger partial charge is 0.388 e. The first-order valence-corrected chi connectivity index (χ1v) is 4.50. The SMILES string of the molecule is NCCC(O)c1ccc(C(F)(F)F)cc1. The van der Waals surface area contributed by atoms with Gasteiger partial charge in [-0.05, 0) is 30.7 Å². The Morgan fingerprint density at radius 2 is 1.73 bits per heavy atom. The van der Waals surface area contributed by atoms with Crippen LogP contribution in [-0.4, -0.2) is 11.7 Å². The molecule has 0 radical (unpaired) electrons. The molecule has 84 valence electrons. The van der Waals surface area contributed by atoms with Gasteiger partial charge in [-0.1, -0.05) is 12.1 Å². The van der Waals surface area contributed by atoms with Crippen molar-refractivity contribution in [2.75, 3.05) is 6.54 Å². The van der Waals surface area contributed by atoms with Gasteiger partial charge in [0, 0.05) is 0 Å². The maximum absolute atomic E-state index is 12.2. The third-order valence-corrected chi connectivity index (χ3v) is 2.06. The van der Waals surface area contributed by atoms with Crippen molar-refractivity contribution in [2.24, 2.45) is 5.73 Å². The number of halogens is 3. The summed E-state index contributed by atoms with van der Waals surface area (Å²) in [4.78, 5) is 0. The first kappa shape index (κ1) is 12.0. The fourth-order valence-corrected chi connectivity index (χ4v) is 1.22. The molecule has 0 aliphatic carbocycles. The van der Waals surface area contributed by atoms with Gasteiger partial charge in [-0.3, -0.25) is 0 Å². The summed E-state index contributed by atoms with van der Waals surface area (Å²) in [6.07, 6.45) is -4.79. The lowest BCUT2D eigenvalue weighted by Gasteiger charge is -2.11. The van der Waals surface area contributed by atoms with Gasteiger partial charge in [-0.2, -0.15) is 13.2 Å². The van der Waals surface area contributed by atoms with Crippen LogP contribution in [0.5, 0.6) is 0 Å². The van der Waals surface area contributed by atoms with E-state index in [1.165, 1.54) is 12.1 Å². The molecule has 1 aromatic carbocycles. The number of hydrogen-bond donors (Lipinski definition) is 2. The molecular weight excluding hydrogens is 207 g/mol. The first-order valence-electron chi connectivity index (χ1n) is 4.50. The van der Waals surface area contributed by atoms with E-state index < -0.39 is 17.8 Å². The molecule has 0 spiro atoms. The van der Waals surface area contributed by atoms with Crippen molar-refractivity contribution in [3.63, 3.8) is 0 Å². The summed E-state index contributed by atoms with van der Waals surface area (Å²) < 4.78 is 36.6. The number of aliphatic hydroxyl groups is 1. The Bertz CT molecular complexity index is 307. The van der Waals surface area contributed by atoms with Gasteiger partial charge in [-0.25, -0.2) is 0 Å². The van der Waals surface area contributed by atoms with Gasteiger partial charge in [-0.15, -0.1) is 0 Å². The molecular formula is C10H12F3NO. The highest BCUT2D eigenvalue weighted by Crippen LogP contribution is 2.30. The van der Waals surface area contributed by atoms with Crippen LogP contribution in [0.15, 0.2) is 24.3 Å². The zero-order valence-corrected chi connectivity index (χ0v) is 7.96. The van der Waals surface area contributed by atoms with E-state index in [-0.39, 0.29) is 0 Å². The molecule has 0 aliphatic rings. The van der Waals surface area contributed by atoms with Crippen LogP contribution in [0.3, 0.4) is 0 Å². The van der Waals surface area contributed by atoms with Crippen molar-refractivity contribution in [2.45, 2.75) is 18.7 Å². The Labute approximate surface area is 85.5 Å². The van der Waals surface area contributed by atoms with Crippen LogP contribution in [-0.2, 0) is 6.18 Å². The second-order valence-electron chi connectivity index (χ2n) is 3.21. The fourth-order valence-electron chi connectivity index (χ4n) is 1.22. The molecule has 1 aromatic rings. The van der Waals surface area contributed by atoms with Crippen LogP contribution < -0.4 is 5.73 Å². The minimum atomic E-state index is -4.34.